The number of benzene rings is 2. The van der Waals surface area contributed by atoms with Crippen LogP contribution in [0.15, 0.2) is 77.8 Å². The van der Waals surface area contributed by atoms with Gasteiger partial charge in [0.15, 0.2) is 6.35 Å². The molecule has 2 aromatic heterocycles. The van der Waals surface area contributed by atoms with Gasteiger partial charge >= 0.3 is 6.09 Å². The van der Waals surface area contributed by atoms with Gasteiger partial charge in [-0.3, -0.25) is 20.0 Å². The van der Waals surface area contributed by atoms with Crippen molar-refractivity contribution in [2.45, 2.75) is 96.6 Å². The molecule has 0 fully saturated rings. The van der Waals surface area contributed by atoms with Gasteiger partial charge in [0.25, 0.3) is 0 Å². The molecule has 0 unspecified atom stereocenters. The van der Waals surface area contributed by atoms with Crippen LogP contribution in [-0.4, -0.2) is 74.7 Å². The zero-order valence-corrected chi connectivity index (χ0v) is 31.0. The Kier molecular flexibility index (Phi) is 15.3. The number of alkyl carbamates (subject to hydrolysis) is 1. The number of nitrogens with one attached hydrogen (secondary N) is 3. The first-order valence-corrected chi connectivity index (χ1v) is 18.7. The number of aromatic nitrogens is 2. The van der Waals surface area contributed by atoms with Crippen LogP contribution in [0.5, 0.6) is 0 Å². The molecule has 4 aromatic rings. The Morgan fingerprint density at radius 1 is 0.920 bits per heavy atom. The summed E-state index contributed by atoms with van der Waals surface area (Å²) in [6, 6.07) is 17.4. The average Bonchev–Trinajstić information content (AvgIpc) is 3.79. The van der Waals surface area contributed by atoms with E-state index >= 15 is 0 Å². The molecule has 2 amide bonds. The maximum absolute atomic E-state index is 13.9. The first-order chi connectivity index (χ1) is 24.0. The molecular formula is C37H50N6O5S2. The second-order valence-corrected chi connectivity index (χ2v) is 15.1. The van der Waals surface area contributed by atoms with E-state index in [1.807, 2.05) is 79.9 Å². The number of aliphatic hydroxyl groups is 2. The smallest absolute Gasteiger partial charge is 0.407 e. The third-order valence-electron chi connectivity index (χ3n) is 8.26. The highest BCUT2D eigenvalue weighted by Gasteiger charge is 2.31. The van der Waals surface area contributed by atoms with Crippen LogP contribution in [0, 0.1) is 5.92 Å². The minimum Gasteiger partial charge on any atom is -0.444 e. The molecule has 5 N–H and O–H groups in total. The molecule has 0 radical (unpaired) electrons. The van der Waals surface area contributed by atoms with Crippen molar-refractivity contribution in [3.05, 3.63) is 104 Å². The summed E-state index contributed by atoms with van der Waals surface area (Å²) in [7, 11) is 1.78. The molecular weight excluding hydrogens is 673 g/mol. The summed E-state index contributed by atoms with van der Waals surface area (Å²) >= 11 is 2.99. The van der Waals surface area contributed by atoms with E-state index in [1.54, 1.807) is 35.0 Å². The molecule has 0 aliphatic rings. The number of hydrogen-bond donors (Lipinski definition) is 5. The summed E-state index contributed by atoms with van der Waals surface area (Å²) in [5.74, 6) is -0.133. The fourth-order valence-electron chi connectivity index (χ4n) is 5.49. The first-order valence-electron chi connectivity index (χ1n) is 16.9. The molecule has 0 aliphatic heterocycles. The Bertz CT molecular complexity index is 1570. The maximum atomic E-state index is 13.9. The van der Waals surface area contributed by atoms with E-state index in [1.165, 1.54) is 11.3 Å². The van der Waals surface area contributed by atoms with E-state index in [4.69, 9.17) is 4.74 Å². The molecule has 2 aromatic carbocycles. The van der Waals surface area contributed by atoms with Gasteiger partial charge in [0.05, 0.1) is 39.3 Å². The summed E-state index contributed by atoms with van der Waals surface area (Å²) in [4.78, 5) is 38.0. The molecule has 5 atom stereocenters. The molecule has 0 aliphatic carbocycles. The summed E-state index contributed by atoms with van der Waals surface area (Å²) in [5.41, 5.74) is 4.45. The minimum atomic E-state index is -1.11. The Balaban J connectivity index is 1.46. The standard InChI is InChI=1S/C37H50N6O5S2/c1-24(2)33(42-36(46)43(5)20-29-22-49-35(40-29)25(3)4)34(45)39-28(16-26-12-8-6-9-13-26)18-32(44)31(17-27-14-10-7-11-15-27)41-37(47)48-21-30-19-38-23-50-30/h6-15,19,22-25,28,31-33,36,42,44,46H,16-18,20-21H2,1-5H3,(H,39,45)(H,41,47)/t28-,31-,32-,33-,36-/m0/s1. The number of carbonyl (C=O) groups is 2. The van der Waals surface area contributed by atoms with E-state index in [2.05, 4.69) is 39.8 Å². The molecule has 4 rings (SSSR count). The van der Waals surface area contributed by atoms with Gasteiger partial charge in [-0.25, -0.2) is 9.78 Å². The average molecular weight is 723 g/mol. The lowest BCUT2D eigenvalue weighted by atomic mass is 9.93. The van der Waals surface area contributed by atoms with Gasteiger partial charge < -0.3 is 25.6 Å². The van der Waals surface area contributed by atoms with Crippen molar-refractivity contribution in [3.8, 4) is 0 Å². The third kappa shape index (κ3) is 12.6. The molecule has 0 saturated carbocycles. The maximum Gasteiger partial charge on any atom is 0.407 e. The van der Waals surface area contributed by atoms with Gasteiger partial charge in [0, 0.05) is 30.1 Å². The van der Waals surface area contributed by atoms with Crippen molar-refractivity contribution >= 4 is 34.7 Å². The Hall–Kier alpha value is -3.72. The van der Waals surface area contributed by atoms with Crippen LogP contribution in [0.1, 0.15) is 66.7 Å². The lowest BCUT2D eigenvalue weighted by Gasteiger charge is -2.32. The fourth-order valence-corrected chi connectivity index (χ4v) is 6.83. The molecule has 13 heteroatoms. The lowest BCUT2D eigenvalue weighted by molar-refractivity contribution is -0.128. The Labute approximate surface area is 303 Å². The Morgan fingerprint density at radius 2 is 1.58 bits per heavy atom. The zero-order chi connectivity index (χ0) is 36.0. The zero-order valence-electron chi connectivity index (χ0n) is 29.4. The minimum absolute atomic E-state index is 0.0741. The second-order valence-electron chi connectivity index (χ2n) is 13.2. The van der Waals surface area contributed by atoms with Gasteiger partial charge in [0.1, 0.15) is 6.61 Å². The number of thiazole rings is 2. The number of hydrogen-bond acceptors (Lipinski definition) is 11. The highest BCUT2D eigenvalue weighted by molar-refractivity contribution is 7.09. The first kappa shape index (κ1) is 39.1. The van der Waals surface area contributed by atoms with E-state index in [-0.39, 0.29) is 24.9 Å². The molecule has 0 bridgehead atoms. The number of amides is 2. The van der Waals surface area contributed by atoms with Crippen LogP contribution in [0.2, 0.25) is 0 Å². The van der Waals surface area contributed by atoms with Crippen LogP contribution in [0.25, 0.3) is 0 Å². The van der Waals surface area contributed by atoms with Crippen molar-refractivity contribution < 1.29 is 24.5 Å². The summed E-state index contributed by atoms with van der Waals surface area (Å²) in [6.45, 7) is 8.51. The molecule has 11 nitrogen and oxygen atoms in total. The number of ether oxygens (including phenoxy) is 1. The predicted molar refractivity (Wildman–Crippen MR) is 198 cm³/mol. The van der Waals surface area contributed by atoms with Gasteiger partial charge in [-0.15, -0.1) is 22.7 Å². The summed E-state index contributed by atoms with van der Waals surface area (Å²) < 4.78 is 5.43. The van der Waals surface area contributed by atoms with E-state index < -0.39 is 36.7 Å². The normalized spacial score (nSPS) is 14.7. The van der Waals surface area contributed by atoms with Gasteiger partial charge in [-0.05, 0) is 43.4 Å². The monoisotopic (exact) mass is 722 g/mol. The van der Waals surface area contributed by atoms with E-state index in [0.717, 1.165) is 26.7 Å². The van der Waals surface area contributed by atoms with Gasteiger partial charge in [-0.1, -0.05) is 88.4 Å². The Morgan fingerprint density at radius 3 is 2.16 bits per heavy atom. The molecule has 50 heavy (non-hydrogen) atoms. The van der Waals surface area contributed by atoms with Gasteiger partial charge in [-0.2, -0.15) is 0 Å². The molecule has 2 heterocycles. The number of nitrogens with zero attached hydrogens (tertiary/aromatic N) is 3. The van der Waals surface area contributed by atoms with Crippen LogP contribution in [-0.2, 0) is 35.5 Å². The van der Waals surface area contributed by atoms with Crippen LogP contribution < -0.4 is 16.0 Å². The van der Waals surface area contributed by atoms with Crippen molar-refractivity contribution in [1.29, 1.82) is 0 Å². The van der Waals surface area contributed by atoms with Crippen molar-refractivity contribution in [2.75, 3.05) is 7.05 Å². The van der Waals surface area contributed by atoms with E-state index in [9.17, 15) is 19.8 Å². The molecule has 0 saturated heterocycles. The number of rotatable bonds is 19. The number of aliphatic hydroxyl groups excluding tert-OH is 2. The van der Waals surface area contributed by atoms with E-state index in [0.29, 0.717) is 25.3 Å². The molecule has 0 spiro atoms. The van der Waals surface area contributed by atoms with Crippen LogP contribution in [0.4, 0.5) is 4.79 Å². The van der Waals surface area contributed by atoms with Gasteiger partial charge in [0.2, 0.25) is 5.91 Å². The topological polar surface area (TPSA) is 149 Å². The number of carbonyl (C=O) groups excluding carboxylic acids is 2. The summed E-state index contributed by atoms with van der Waals surface area (Å²) in [6.07, 6.45) is -0.180. The summed E-state index contributed by atoms with van der Waals surface area (Å²) in [5, 5.41) is 34.9. The highest BCUT2D eigenvalue weighted by atomic mass is 32.1. The SMILES string of the molecule is CC(C)c1nc(CN(C)[C@@H](O)N[C@H](C(=O)N[C@@H](Cc2ccccc2)C[C@H](O)[C@H](Cc2ccccc2)NC(=O)OCc2cncs2)C(C)C)cs1. The van der Waals surface area contributed by atoms with Crippen LogP contribution >= 0.6 is 22.7 Å². The predicted octanol–water partition coefficient (Wildman–Crippen LogP) is 5.06. The van der Waals surface area contributed by atoms with Crippen molar-refractivity contribution in [2.24, 2.45) is 5.92 Å². The quantitative estimate of drug-likeness (QED) is 0.0838. The van der Waals surface area contributed by atoms with Crippen molar-refractivity contribution in [1.82, 2.24) is 30.8 Å². The van der Waals surface area contributed by atoms with Crippen molar-refractivity contribution in [3.63, 3.8) is 0 Å². The third-order valence-corrected chi connectivity index (χ3v) is 10.2. The highest BCUT2D eigenvalue weighted by Crippen LogP contribution is 2.20. The lowest BCUT2D eigenvalue weighted by Crippen LogP contribution is -2.57. The van der Waals surface area contributed by atoms with Crippen LogP contribution in [0.3, 0.4) is 0 Å². The largest absolute Gasteiger partial charge is 0.444 e. The fraction of sp³-hybridized carbons (Fsp3) is 0.459. The molecule has 270 valence electrons. The second kappa shape index (κ2) is 19.6.